The highest BCUT2D eigenvalue weighted by molar-refractivity contribution is 5.77. The first kappa shape index (κ1) is 10.2. The molecule has 0 N–H and O–H groups in total. The van der Waals surface area contributed by atoms with Gasteiger partial charge in [0, 0.05) is 0 Å². The molecule has 0 heterocycles. The number of carbonyl (C=O) groups is 1. The molecule has 0 aliphatic heterocycles. The maximum Gasteiger partial charge on any atom is 0.311 e. The largest absolute Gasteiger partial charge is 0.469 e. The lowest BCUT2D eigenvalue weighted by atomic mass is 9.61. The quantitative estimate of drug-likeness (QED) is 0.692. The zero-order chi connectivity index (χ0) is 10.9. The molecule has 0 aromatic heterocycles. The zero-order valence-corrected chi connectivity index (χ0v) is 9.19. The van der Waals surface area contributed by atoms with E-state index in [0.29, 0.717) is 5.92 Å². The van der Waals surface area contributed by atoms with E-state index in [1.165, 1.54) is 12.7 Å². The Labute approximate surface area is 90.3 Å². The highest BCUT2D eigenvalue weighted by Crippen LogP contribution is 2.51. The van der Waals surface area contributed by atoms with Gasteiger partial charge in [-0.25, -0.2) is 0 Å². The van der Waals surface area contributed by atoms with Crippen molar-refractivity contribution in [1.82, 2.24) is 0 Å². The number of benzene rings is 1. The van der Waals surface area contributed by atoms with E-state index in [1.807, 2.05) is 25.1 Å². The van der Waals surface area contributed by atoms with Crippen LogP contribution in [0.4, 0.5) is 0 Å². The Morgan fingerprint density at radius 3 is 2.47 bits per heavy atom. The Bertz CT molecular complexity index is 350. The lowest BCUT2D eigenvalue weighted by Gasteiger charge is -2.42. The van der Waals surface area contributed by atoms with Crippen LogP contribution in [0.5, 0.6) is 0 Å². The minimum Gasteiger partial charge on any atom is -0.469 e. The molecule has 15 heavy (non-hydrogen) atoms. The molecule has 2 nitrogen and oxygen atoms in total. The standard InChI is InChI=1S/C13H16O2/c1-13(12(14)15-2)8-11(9-13)10-6-4-3-5-7-10/h3-7,11H,8-9H2,1-2H3. The van der Waals surface area contributed by atoms with Crippen molar-refractivity contribution in [3.05, 3.63) is 35.9 Å². The van der Waals surface area contributed by atoms with Crippen LogP contribution in [0.2, 0.25) is 0 Å². The molecule has 1 aliphatic carbocycles. The third-order valence-electron chi connectivity index (χ3n) is 3.34. The van der Waals surface area contributed by atoms with E-state index in [9.17, 15) is 4.79 Å². The Morgan fingerprint density at radius 1 is 1.33 bits per heavy atom. The molecule has 0 atom stereocenters. The average molecular weight is 204 g/mol. The molecule has 1 aliphatic rings. The summed E-state index contributed by atoms with van der Waals surface area (Å²) in [5.41, 5.74) is 1.08. The summed E-state index contributed by atoms with van der Waals surface area (Å²) in [5, 5.41) is 0. The van der Waals surface area contributed by atoms with Gasteiger partial charge in [-0.3, -0.25) is 4.79 Å². The molecule has 0 unspecified atom stereocenters. The molecule has 0 saturated heterocycles. The van der Waals surface area contributed by atoms with Gasteiger partial charge in [-0.15, -0.1) is 0 Å². The number of rotatable bonds is 2. The molecule has 0 bridgehead atoms. The summed E-state index contributed by atoms with van der Waals surface area (Å²) in [6, 6.07) is 10.4. The van der Waals surface area contributed by atoms with Gasteiger partial charge in [-0.1, -0.05) is 30.3 Å². The molecule has 0 amide bonds. The van der Waals surface area contributed by atoms with Crippen LogP contribution in [0.1, 0.15) is 31.2 Å². The van der Waals surface area contributed by atoms with E-state index in [0.717, 1.165) is 12.8 Å². The number of hydrogen-bond donors (Lipinski definition) is 0. The Kier molecular flexibility index (Phi) is 2.51. The van der Waals surface area contributed by atoms with Crippen molar-refractivity contribution in [2.45, 2.75) is 25.7 Å². The minimum absolute atomic E-state index is 0.0744. The molecule has 1 aromatic rings. The first-order chi connectivity index (χ1) is 7.15. The fourth-order valence-electron chi connectivity index (χ4n) is 2.40. The van der Waals surface area contributed by atoms with Crippen LogP contribution in [0, 0.1) is 5.41 Å². The van der Waals surface area contributed by atoms with Gasteiger partial charge < -0.3 is 4.74 Å². The van der Waals surface area contributed by atoms with Gasteiger partial charge in [0.2, 0.25) is 0 Å². The van der Waals surface area contributed by atoms with Crippen LogP contribution in [0.25, 0.3) is 0 Å². The van der Waals surface area contributed by atoms with Crippen LogP contribution in [-0.4, -0.2) is 13.1 Å². The lowest BCUT2D eigenvalue weighted by molar-refractivity contribution is -0.158. The number of esters is 1. The maximum absolute atomic E-state index is 11.5. The van der Waals surface area contributed by atoms with Crippen LogP contribution >= 0.6 is 0 Å². The van der Waals surface area contributed by atoms with Gasteiger partial charge in [-0.2, -0.15) is 0 Å². The molecule has 1 fully saturated rings. The predicted molar refractivity (Wildman–Crippen MR) is 58.5 cm³/mol. The van der Waals surface area contributed by atoms with E-state index in [-0.39, 0.29) is 11.4 Å². The van der Waals surface area contributed by atoms with Gasteiger partial charge >= 0.3 is 5.97 Å². The first-order valence-corrected chi connectivity index (χ1v) is 5.29. The summed E-state index contributed by atoms with van der Waals surface area (Å²) in [4.78, 5) is 11.5. The van der Waals surface area contributed by atoms with Crippen molar-refractivity contribution in [3.8, 4) is 0 Å². The maximum atomic E-state index is 11.5. The van der Waals surface area contributed by atoms with Crippen LogP contribution in [0.3, 0.4) is 0 Å². The van der Waals surface area contributed by atoms with Crippen molar-refractivity contribution in [1.29, 1.82) is 0 Å². The zero-order valence-electron chi connectivity index (χ0n) is 9.19. The summed E-state index contributed by atoms with van der Waals surface area (Å²) in [6.45, 7) is 1.98. The summed E-state index contributed by atoms with van der Waals surface area (Å²) in [6.07, 6.45) is 1.81. The van der Waals surface area contributed by atoms with Gasteiger partial charge in [0.25, 0.3) is 0 Å². The van der Waals surface area contributed by atoms with Crippen molar-refractivity contribution >= 4 is 5.97 Å². The van der Waals surface area contributed by atoms with E-state index in [4.69, 9.17) is 4.74 Å². The smallest absolute Gasteiger partial charge is 0.311 e. The second-order valence-electron chi connectivity index (χ2n) is 4.57. The molecular formula is C13H16O2. The first-order valence-electron chi connectivity index (χ1n) is 5.29. The molecule has 1 aromatic carbocycles. The van der Waals surface area contributed by atoms with Gasteiger partial charge in [0.1, 0.15) is 0 Å². The number of hydrogen-bond acceptors (Lipinski definition) is 2. The molecule has 1 saturated carbocycles. The molecule has 2 heteroatoms. The van der Waals surface area contributed by atoms with E-state index < -0.39 is 0 Å². The number of ether oxygens (including phenoxy) is 1. The second kappa shape index (κ2) is 3.69. The Hall–Kier alpha value is -1.31. The normalized spacial score (nSPS) is 29.3. The van der Waals surface area contributed by atoms with Crippen molar-refractivity contribution < 1.29 is 9.53 Å². The molecule has 0 spiro atoms. The van der Waals surface area contributed by atoms with Gasteiger partial charge in [-0.05, 0) is 31.2 Å². The molecule has 80 valence electrons. The SMILES string of the molecule is COC(=O)C1(C)CC(c2ccccc2)C1. The highest BCUT2D eigenvalue weighted by atomic mass is 16.5. The topological polar surface area (TPSA) is 26.3 Å². The minimum atomic E-state index is -0.255. The van der Waals surface area contributed by atoms with E-state index in [2.05, 4.69) is 12.1 Å². The summed E-state index contributed by atoms with van der Waals surface area (Å²) < 4.78 is 4.80. The monoisotopic (exact) mass is 204 g/mol. The fraction of sp³-hybridized carbons (Fsp3) is 0.462. The molecule has 0 radical (unpaired) electrons. The molecular weight excluding hydrogens is 188 g/mol. The van der Waals surface area contributed by atoms with Crippen molar-refractivity contribution in [2.75, 3.05) is 7.11 Å². The van der Waals surface area contributed by atoms with Crippen molar-refractivity contribution in [3.63, 3.8) is 0 Å². The summed E-state index contributed by atoms with van der Waals surface area (Å²) >= 11 is 0. The fourth-order valence-corrected chi connectivity index (χ4v) is 2.40. The summed E-state index contributed by atoms with van der Waals surface area (Å²) in [7, 11) is 1.46. The average Bonchev–Trinajstić information content (AvgIpc) is 2.25. The van der Waals surface area contributed by atoms with Gasteiger partial charge in [0.05, 0.1) is 12.5 Å². The summed E-state index contributed by atoms with van der Waals surface area (Å²) in [5.74, 6) is 0.449. The lowest BCUT2D eigenvalue weighted by Crippen LogP contribution is -2.40. The van der Waals surface area contributed by atoms with Crippen LogP contribution in [-0.2, 0) is 9.53 Å². The molecule has 2 rings (SSSR count). The van der Waals surface area contributed by atoms with Crippen LogP contribution < -0.4 is 0 Å². The Morgan fingerprint density at radius 2 is 1.93 bits per heavy atom. The second-order valence-corrected chi connectivity index (χ2v) is 4.57. The van der Waals surface area contributed by atoms with Crippen molar-refractivity contribution in [2.24, 2.45) is 5.41 Å². The van der Waals surface area contributed by atoms with E-state index in [1.54, 1.807) is 0 Å². The van der Waals surface area contributed by atoms with E-state index >= 15 is 0 Å². The van der Waals surface area contributed by atoms with Gasteiger partial charge in [0.15, 0.2) is 0 Å². The Balaban J connectivity index is 2.02. The third-order valence-corrected chi connectivity index (χ3v) is 3.34. The number of carbonyl (C=O) groups excluding carboxylic acids is 1. The highest BCUT2D eigenvalue weighted by Gasteiger charge is 2.47. The third kappa shape index (κ3) is 1.76. The van der Waals surface area contributed by atoms with Crippen LogP contribution in [0.15, 0.2) is 30.3 Å². The predicted octanol–water partition coefficient (Wildman–Crippen LogP) is 2.74. The number of methoxy groups -OCH3 is 1.